The van der Waals surface area contributed by atoms with Crippen molar-refractivity contribution in [1.29, 1.82) is 0 Å². The number of azo groups is 2. The van der Waals surface area contributed by atoms with Gasteiger partial charge in [0.15, 0.2) is 11.5 Å². The van der Waals surface area contributed by atoms with Gasteiger partial charge in [-0.1, -0.05) is 24.3 Å². The molecule has 0 amide bonds. The van der Waals surface area contributed by atoms with E-state index in [1.54, 1.807) is 87.0 Å². The molecule has 0 aromatic heterocycles. The topological polar surface area (TPSA) is 108 Å². The van der Waals surface area contributed by atoms with Crippen LogP contribution in [0.5, 0.6) is 23.0 Å². The summed E-state index contributed by atoms with van der Waals surface area (Å²) in [6.07, 6.45) is 0. The molecule has 0 aliphatic carbocycles. The third kappa shape index (κ3) is 4.20. The van der Waals surface area contributed by atoms with E-state index in [1.807, 2.05) is 0 Å². The van der Waals surface area contributed by atoms with Gasteiger partial charge in [0, 0.05) is 10.8 Å². The Labute approximate surface area is 184 Å². The Bertz CT molecular complexity index is 1200. The zero-order valence-corrected chi connectivity index (χ0v) is 17.4. The molecule has 0 saturated carbocycles. The number of fused-ring (bicyclic) bond motifs is 1. The number of nitrogens with zero attached hydrogens (tertiary/aromatic N) is 4. The Hall–Kier alpha value is -4.46. The van der Waals surface area contributed by atoms with Crippen molar-refractivity contribution in [1.82, 2.24) is 0 Å². The first kappa shape index (κ1) is 20.8. The Morgan fingerprint density at radius 1 is 0.531 bits per heavy atom. The highest BCUT2D eigenvalue weighted by atomic mass is 16.5. The summed E-state index contributed by atoms with van der Waals surface area (Å²) in [5.74, 6) is 0.539. The van der Waals surface area contributed by atoms with Crippen LogP contribution in [0.2, 0.25) is 0 Å². The van der Waals surface area contributed by atoms with Crippen LogP contribution in [0.1, 0.15) is 0 Å². The maximum Gasteiger partial charge on any atom is 0.188 e. The molecule has 0 aliphatic rings. The zero-order valence-electron chi connectivity index (χ0n) is 17.4. The SMILES string of the molecule is COc1ccc(N=Nc2c(O)c(O)c(N=Nc3ccc(OC)cc3)c3ccccc23)cc1. The fourth-order valence-electron chi connectivity index (χ4n) is 3.09. The van der Waals surface area contributed by atoms with Gasteiger partial charge in [-0.25, -0.2) is 0 Å². The highest BCUT2D eigenvalue weighted by molar-refractivity contribution is 6.05. The van der Waals surface area contributed by atoms with E-state index in [0.717, 1.165) is 0 Å². The van der Waals surface area contributed by atoms with Gasteiger partial charge in [-0.2, -0.15) is 10.2 Å². The van der Waals surface area contributed by atoms with Crippen LogP contribution < -0.4 is 9.47 Å². The van der Waals surface area contributed by atoms with Gasteiger partial charge in [0.2, 0.25) is 0 Å². The second-order valence-corrected chi connectivity index (χ2v) is 6.74. The first-order valence-corrected chi connectivity index (χ1v) is 9.69. The van der Waals surface area contributed by atoms with E-state index in [1.165, 1.54) is 0 Å². The van der Waals surface area contributed by atoms with Crippen LogP contribution in [0.4, 0.5) is 22.7 Å². The van der Waals surface area contributed by atoms with Crippen molar-refractivity contribution in [3.05, 3.63) is 72.8 Å². The fourth-order valence-corrected chi connectivity index (χ4v) is 3.09. The number of methoxy groups -OCH3 is 2. The monoisotopic (exact) mass is 428 g/mol. The molecule has 4 aromatic carbocycles. The number of benzene rings is 4. The molecular formula is C24H20N4O4. The first-order valence-electron chi connectivity index (χ1n) is 9.69. The van der Waals surface area contributed by atoms with Crippen LogP contribution >= 0.6 is 0 Å². The van der Waals surface area contributed by atoms with Crippen molar-refractivity contribution < 1.29 is 19.7 Å². The summed E-state index contributed by atoms with van der Waals surface area (Å²) in [6, 6.07) is 21.1. The number of aromatic hydroxyl groups is 2. The van der Waals surface area contributed by atoms with Gasteiger partial charge in [0.25, 0.3) is 0 Å². The molecule has 0 fully saturated rings. The Kier molecular flexibility index (Phi) is 5.94. The molecule has 0 bridgehead atoms. The van der Waals surface area contributed by atoms with Gasteiger partial charge in [-0.05, 0) is 48.5 Å². The number of phenols is 2. The van der Waals surface area contributed by atoms with E-state index in [2.05, 4.69) is 20.5 Å². The Morgan fingerprint density at radius 2 is 0.906 bits per heavy atom. The van der Waals surface area contributed by atoms with Crippen LogP contribution in [0.15, 0.2) is 93.3 Å². The molecule has 8 nitrogen and oxygen atoms in total. The van der Waals surface area contributed by atoms with E-state index < -0.39 is 11.5 Å². The number of phenolic OH excluding ortho intramolecular Hbond substituents is 2. The molecule has 2 N–H and O–H groups in total. The van der Waals surface area contributed by atoms with Gasteiger partial charge in [-0.3, -0.25) is 0 Å². The van der Waals surface area contributed by atoms with Gasteiger partial charge >= 0.3 is 0 Å². The van der Waals surface area contributed by atoms with Crippen LogP contribution in [-0.4, -0.2) is 24.4 Å². The lowest BCUT2D eigenvalue weighted by atomic mass is 10.1. The summed E-state index contributed by atoms with van der Waals surface area (Å²) < 4.78 is 10.3. The van der Waals surface area contributed by atoms with Crippen molar-refractivity contribution in [2.45, 2.75) is 0 Å². The molecule has 0 heterocycles. The number of hydrogen-bond donors (Lipinski definition) is 2. The normalized spacial score (nSPS) is 11.4. The van der Waals surface area contributed by atoms with E-state index in [0.29, 0.717) is 33.6 Å². The summed E-state index contributed by atoms with van der Waals surface area (Å²) in [5.41, 5.74) is 1.41. The van der Waals surface area contributed by atoms with Crippen LogP contribution in [-0.2, 0) is 0 Å². The predicted octanol–water partition coefficient (Wildman–Crippen LogP) is 7.10. The minimum atomic E-state index is -0.426. The Balaban J connectivity index is 1.75. The van der Waals surface area contributed by atoms with Crippen LogP contribution in [0.3, 0.4) is 0 Å². The summed E-state index contributed by atoms with van der Waals surface area (Å²) in [6.45, 7) is 0. The third-order valence-electron chi connectivity index (χ3n) is 4.79. The second-order valence-electron chi connectivity index (χ2n) is 6.74. The molecular weight excluding hydrogens is 408 g/mol. The van der Waals surface area contributed by atoms with Gasteiger partial charge in [0.1, 0.15) is 22.9 Å². The van der Waals surface area contributed by atoms with E-state index >= 15 is 0 Å². The highest BCUT2D eigenvalue weighted by Crippen LogP contribution is 2.50. The molecule has 32 heavy (non-hydrogen) atoms. The quantitative estimate of drug-likeness (QED) is 0.252. The molecule has 8 heteroatoms. The number of rotatable bonds is 6. The number of hydrogen-bond acceptors (Lipinski definition) is 8. The predicted molar refractivity (Wildman–Crippen MR) is 122 cm³/mol. The van der Waals surface area contributed by atoms with Crippen LogP contribution in [0, 0.1) is 0 Å². The van der Waals surface area contributed by atoms with Crippen molar-refractivity contribution >= 4 is 33.5 Å². The van der Waals surface area contributed by atoms with Gasteiger partial charge in [-0.15, -0.1) is 10.2 Å². The smallest absolute Gasteiger partial charge is 0.188 e. The Morgan fingerprint density at radius 3 is 1.25 bits per heavy atom. The molecule has 4 aromatic rings. The van der Waals surface area contributed by atoms with Gasteiger partial charge in [0.05, 0.1) is 25.6 Å². The molecule has 0 atom stereocenters. The zero-order chi connectivity index (χ0) is 22.5. The lowest BCUT2D eigenvalue weighted by Gasteiger charge is -2.10. The third-order valence-corrected chi connectivity index (χ3v) is 4.79. The summed E-state index contributed by atoms with van der Waals surface area (Å²) in [5, 5.41) is 39.2. The second kappa shape index (κ2) is 9.13. The standard InChI is InChI=1S/C24H20N4O4/c1-31-17-11-7-15(8-12-17)25-27-21-19-5-3-4-6-20(19)22(24(30)23(21)29)28-26-16-9-13-18(32-2)14-10-16/h3-14,29-30H,1-2H3. The average molecular weight is 428 g/mol. The van der Waals surface area contributed by atoms with Crippen molar-refractivity contribution in [3.8, 4) is 23.0 Å². The minimum Gasteiger partial charge on any atom is -0.503 e. The highest BCUT2D eigenvalue weighted by Gasteiger charge is 2.19. The van der Waals surface area contributed by atoms with Gasteiger partial charge < -0.3 is 19.7 Å². The summed E-state index contributed by atoms with van der Waals surface area (Å²) in [7, 11) is 3.16. The molecule has 160 valence electrons. The molecule has 0 aliphatic heterocycles. The average Bonchev–Trinajstić information content (AvgIpc) is 2.85. The molecule has 0 radical (unpaired) electrons. The number of ether oxygens (including phenoxy) is 2. The van der Waals surface area contributed by atoms with E-state index in [9.17, 15) is 10.2 Å². The van der Waals surface area contributed by atoms with Crippen molar-refractivity contribution in [2.75, 3.05) is 14.2 Å². The molecule has 0 saturated heterocycles. The van der Waals surface area contributed by atoms with Crippen LogP contribution in [0.25, 0.3) is 10.8 Å². The van der Waals surface area contributed by atoms with Crippen molar-refractivity contribution in [2.24, 2.45) is 20.5 Å². The molecule has 4 rings (SSSR count). The lowest BCUT2D eigenvalue weighted by molar-refractivity contribution is 0.406. The maximum absolute atomic E-state index is 10.7. The minimum absolute atomic E-state index is 0.136. The van der Waals surface area contributed by atoms with E-state index in [-0.39, 0.29) is 11.4 Å². The summed E-state index contributed by atoms with van der Waals surface area (Å²) >= 11 is 0. The molecule has 0 unspecified atom stereocenters. The lowest BCUT2D eigenvalue weighted by Crippen LogP contribution is -1.81. The van der Waals surface area contributed by atoms with Crippen molar-refractivity contribution in [3.63, 3.8) is 0 Å². The van der Waals surface area contributed by atoms with E-state index in [4.69, 9.17) is 9.47 Å². The first-order chi connectivity index (χ1) is 15.6. The largest absolute Gasteiger partial charge is 0.503 e. The summed E-state index contributed by atoms with van der Waals surface area (Å²) in [4.78, 5) is 0. The molecule has 0 spiro atoms. The maximum atomic E-state index is 10.7. The fraction of sp³-hybridized carbons (Fsp3) is 0.0833.